The van der Waals surface area contributed by atoms with Crippen LogP contribution in [0, 0.1) is 6.92 Å². The molecule has 2 heterocycles. The van der Waals surface area contributed by atoms with E-state index in [2.05, 4.69) is 15.7 Å². The lowest BCUT2D eigenvalue weighted by molar-refractivity contribution is 0.0603. The second kappa shape index (κ2) is 8.99. The van der Waals surface area contributed by atoms with Crippen LogP contribution in [0.1, 0.15) is 27.7 Å². The SMILES string of the molecule is CCn1cc(CNC(=S)Nc2sc(C)c(-c3ccccc3)c2C(=O)OC)cn1. The second-order valence-corrected chi connectivity index (χ2v) is 7.74. The fourth-order valence-electron chi connectivity index (χ4n) is 2.88. The van der Waals surface area contributed by atoms with Crippen molar-refractivity contribution in [2.24, 2.45) is 0 Å². The number of esters is 1. The Morgan fingerprint density at radius 2 is 2.07 bits per heavy atom. The number of thiocarbonyl (C=S) groups is 1. The smallest absolute Gasteiger partial charge is 0.341 e. The lowest BCUT2D eigenvalue weighted by Crippen LogP contribution is -2.28. The largest absolute Gasteiger partial charge is 0.465 e. The zero-order valence-corrected chi connectivity index (χ0v) is 17.6. The van der Waals surface area contributed by atoms with Gasteiger partial charge in [-0.15, -0.1) is 11.3 Å². The number of aromatic nitrogens is 2. The number of ether oxygens (including phenoxy) is 1. The lowest BCUT2D eigenvalue weighted by atomic mass is 10.0. The van der Waals surface area contributed by atoms with E-state index < -0.39 is 5.97 Å². The molecule has 0 unspecified atom stereocenters. The number of hydrogen-bond acceptors (Lipinski definition) is 5. The lowest BCUT2D eigenvalue weighted by Gasteiger charge is -2.11. The highest BCUT2D eigenvalue weighted by Crippen LogP contribution is 2.40. The van der Waals surface area contributed by atoms with Crippen molar-refractivity contribution in [1.82, 2.24) is 15.1 Å². The third kappa shape index (κ3) is 4.40. The number of nitrogens with one attached hydrogen (secondary N) is 2. The summed E-state index contributed by atoms with van der Waals surface area (Å²) in [5, 5.41) is 11.7. The number of nitrogens with zero attached hydrogens (tertiary/aromatic N) is 2. The highest BCUT2D eigenvalue weighted by molar-refractivity contribution is 7.80. The van der Waals surface area contributed by atoms with Gasteiger partial charge in [0, 0.05) is 35.3 Å². The van der Waals surface area contributed by atoms with Crippen LogP contribution in [0.4, 0.5) is 5.00 Å². The number of thiophene rings is 1. The quantitative estimate of drug-likeness (QED) is 0.465. The monoisotopic (exact) mass is 414 g/mol. The number of benzene rings is 1. The number of rotatable bonds is 6. The number of carbonyl (C=O) groups is 1. The third-order valence-corrected chi connectivity index (χ3v) is 5.49. The van der Waals surface area contributed by atoms with Gasteiger partial charge in [0.2, 0.25) is 0 Å². The number of hydrogen-bond donors (Lipinski definition) is 2. The predicted molar refractivity (Wildman–Crippen MR) is 117 cm³/mol. The normalized spacial score (nSPS) is 10.5. The van der Waals surface area contributed by atoms with Crippen molar-refractivity contribution in [1.29, 1.82) is 0 Å². The fraction of sp³-hybridized carbons (Fsp3) is 0.250. The van der Waals surface area contributed by atoms with Gasteiger partial charge in [-0.25, -0.2) is 4.79 Å². The molecule has 6 nitrogen and oxygen atoms in total. The average Bonchev–Trinajstić information content (AvgIpc) is 3.30. The van der Waals surface area contributed by atoms with Crippen LogP contribution in [-0.4, -0.2) is 28.0 Å². The van der Waals surface area contributed by atoms with Gasteiger partial charge in [-0.3, -0.25) is 4.68 Å². The van der Waals surface area contributed by atoms with Gasteiger partial charge in [-0.05, 0) is 31.6 Å². The molecule has 3 aromatic rings. The first-order chi connectivity index (χ1) is 13.5. The van der Waals surface area contributed by atoms with Gasteiger partial charge in [-0.2, -0.15) is 5.10 Å². The molecule has 0 atom stereocenters. The first-order valence-corrected chi connectivity index (χ1v) is 10.1. The Balaban J connectivity index is 1.81. The Hall–Kier alpha value is -2.71. The molecule has 0 spiro atoms. The summed E-state index contributed by atoms with van der Waals surface area (Å²) < 4.78 is 6.89. The third-order valence-electron chi connectivity index (χ3n) is 4.23. The summed E-state index contributed by atoms with van der Waals surface area (Å²) in [6.45, 7) is 5.39. The standard InChI is InChI=1S/C20H22N4O2S2/c1-4-24-12-14(11-22-24)10-21-20(27)23-18-17(19(25)26-3)16(13(2)28-18)15-8-6-5-7-9-15/h5-9,11-12H,4,10H2,1-3H3,(H2,21,23,27). The molecule has 146 valence electrons. The van der Waals surface area contributed by atoms with E-state index in [1.165, 1.54) is 18.4 Å². The van der Waals surface area contributed by atoms with E-state index in [9.17, 15) is 4.79 Å². The Morgan fingerprint density at radius 3 is 2.71 bits per heavy atom. The van der Waals surface area contributed by atoms with Crippen molar-refractivity contribution in [3.05, 3.63) is 58.7 Å². The van der Waals surface area contributed by atoms with E-state index in [1.807, 2.05) is 61.3 Å². The van der Waals surface area contributed by atoms with Gasteiger partial charge in [0.15, 0.2) is 5.11 Å². The van der Waals surface area contributed by atoms with Gasteiger partial charge in [0.05, 0.1) is 13.3 Å². The maximum atomic E-state index is 12.5. The van der Waals surface area contributed by atoms with Crippen LogP contribution in [0.25, 0.3) is 11.1 Å². The molecule has 0 aliphatic rings. The van der Waals surface area contributed by atoms with E-state index in [0.717, 1.165) is 28.1 Å². The predicted octanol–water partition coefficient (Wildman–Crippen LogP) is 4.21. The molecule has 0 fully saturated rings. The Bertz CT molecular complexity index is 980. The minimum atomic E-state index is -0.391. The van der Waals surface area contributed by atoms with Gasteiger partial charge in [0.1, 0.15) is 10.6 Å². The molecular formula is C20H22N4O2S2. The summed E-state index contributed by atoms with van der Waals surface area (Å²) in [5.74, 6) is -0.391. The second-order valence-electron chi connectivity index (χ2n) is 6.11. The van der Waals surface area contributed by atoms with Crippen molar-refractivity contribution in [3.8, 4) is 11.1 Å². The van der Waals surface area contributed by atoms with Crippen LogP contribution in [0.2, 0.25) is 0 Å². The molecule has 0 bridgehead atoms. The molecule has 0 aliphatic carbocycles. The number of carbonyl (C=O) groups excluding carboxylic acids is 1. The minimum absolute atomic E-state index is 0.391. The Morgan fingerprint density at radius 1 is 1.32 bits per heavy atom. The molecule has 2 aromatic heterocycles. The van der Waals surface area contributed by atoms with Crippen LogP contribution in [-0.2, 0) is 17.8 Å². The van der Waals surface area contributed by atoms with Crippen molar-refractivity contribution >= 4 is 39.6 Å². The van der Waals surface area contributed by atoms with E-state index in [4.69, 9.17) is 17.0 Å². The van der Waals surface area contributed by atoms with E-state index in [0.29, 0.717) is 22.2 Å². The van der Waals surface area contributed by atoms with Gasteiger partial charge in [0.25, 0.3) is 0 Å². The first-order valence-electron chi connectivity index (χ1n) is 8.86. The van der Waals surface area contributed by atoms with E-state index in [1.54, 1.807) is 0 Å². The van der Waals surface area contributed by atoms with Crippen molar-refractivity contribution in [2.45, 2.75) is 26.9 Å². The summed E-state index contributed by atoms with van der Waals surface area (Å²) in [7, 11) is 1.38. The molecule has 8 heteroatoms. The summed E-state index contributed by atoms with van der Waals surface area (Å²) >= 11 is 6.91. The molecule has 2 N–H and O–H groups in total. The Labute approximate surface area is 173 Å². The summed E-state index contributed by atoms with van der Waals surface area (Å²) in [6, 6.07) is 9.80. The zero-order chi connectivity index (χ0) is 20.1. The van der Waals surface area contributed by atoms with Crippen LogP contribution in [0.15, 0.2) is 42.7 Å². The fourth-order valence-corrected chi connectivity index (χ4v) is 4.19. The molecule has 0 saturated heterocycles. The van der Waals surface area contributed by atoms with Crippen LogP contribution in [0.5, 0.6) is 0 Å². The summed E-state index contributed by atoms with van der Waals surface area (Å²) in [6.07, 6.45) is 3.78. The first kappa shape index (κ1) is 20.0. The van der Waals surface area contributed by atoms with Crippen molar-refractivity contribution in [2.75, 3.05) is 12.4 Å². The van der Waals surface area contributed by atoms with Crippen molar-refractivity contribution < 1.29 is 9.53 Å². The maximum Gasteiger partial charge on any atom is 0.341 e. The van der Waals surface area contributed by atoms with E-state index >= 15 is 0 Å². The average molecular weight is 415 g/mol. The number of anilines is 1. The molecule has 3 rings (SSSR count). The highest BCUT2D eigenvalue weighted by atomic mass is 32.1. The zero-order valence-electron chi connectivity index (χ0n) is 16.0. The summed E-state index contributed by atoms with van der Waals surface area (Å²) in [5.41, 5.74) is 3.37. The van der Waals surface area contributed by atoms with E-state index in [-0.39, 0.29) is 0 Å². The van der Waals surface area contributed by atoms with Crippen LogP contribution < -0.4 is 10.6 Å². The molecule has 1 aromatic carbocycles. The van der Waals surface area contributed by atoms with Crippen LogP contribution in [0.3, 0.4) is 0 Å². The molecule has 0 radical (unpaired) electrons. The van der Waals surface area contributed by atoms with Crippen LogP contribution >= 0.6 is 23.6 Å². The Kier molecular flexibility index (Phi) is 6.43. The number of methoxy groups -OCH3 is 1. The highest BCUT2D eigenvalue weighted by Gasteiger charge is 2.24. The van der Waals surface area contributed by atoms with Gasteiger partial charge in [-0.1, -0.05) is 30.3 Å². The molecular weight excluding hydrogens is 392 g/mol. The maximum absolute atomic E-state index is 12.5. The molecule has 0 aliphatic heterocycles. The van der Waals surface area contributed by atoms with Gasteiger partial charge >= 0.3 is 5.97 Å². The summed E-state index contributed by atoms with van der Waals surface area (Å²) in [4.78, 5) is 13.5. The van der Waals surface area contributed by atoms with Gasteiger partial charge < -0.3 is 15.4 Å². The molecule has 0 amide bonds. The van der Waals surface area contributed by atoms with Crippen molar-refractivity contribution in [3.63, 3.8) is 0 Å². The topological polar surface area (TPSA) is 68.2 Å². The minimum Gasteiger partial charge on any atom is -0.465 e. The molecule has 28 heavy (non-hydrogen) atoms. The molecule has 0 saturated carbocycles. The number of aryl methyl sites for hydroxylation is 2.